The van der Waals surface area contributed by atoms with Crippen molar-refractivity contribution in [1.29, 1.82) is 0 Å². The Kier molecular flexibility index (Phi) is 6.52. The molecule has 154 valence electrons. The van der Waals surface area contributed by atoms with Crippen molar-refractivity contribution in [3.05, 3.63) is 59.4 Å². The van der Waals surface area contributed by atoms with Gasteiger partial charge in [0.15, 0.2) is 0 Å². The second-order valence-corrected chi connectivity index (χ2v) is 7.92. The second-order valence-electron chi connectivity index (χ2n) is 7.92. The molecule has 3 amide bonds. The number of piperidine rings is 1. The predicted molar refractivity (Wildman–Crippen MR) is 113 cm³/mol. The molecule has 1 aliphatic heterocycles. The fraction of sp³-hybridized carbons (Fsp3) is 0.391. The lowest BCUT2D eigenvalue weighted by molar-refractivity contribution is -0.121. The zero-order valence-electron chi connectivity index (χ0n) is 17.2. The van der Waals surface area contributed by atoms with E-state index in [1.54, 1.807) is 17.0 Å². The molecule has 6 heteroatoms. The number of likely N-dealkylation sites (tertiary alicyclic amines) is 1. The van der Waals surface area contributed by atoms with E-state index in [1.807, 2.05) is 32.9 Å². The first kappa shape index (κ1) is 20.8. The number of benzene rings is 2. The van der Waals surface area contributed by atoms with E-state index in [9.17, 15) is 14.0 Å². The average molecular weight is 397 g/mol. The number of rotatable bonds is 4. The highest BCUT2D eigenvalue weighted by Crippen LogP contribution is 2.27. The van der Waals surface area contributed by atoms with Gasteiger partial charge < -0.3 is 15.5 Å². The van der Waals surface area contributed by atoms with E-state index < -0.39 is 0 Å². The number of nitrogens with zero attached hydrogens (tertiary/aromatic N) is 1. The number of hydrogen-bond donors (Lipinski definition) is 2. The molecule has 0 spiro atoms. The number of halogens is 1. The van der Waals surface area contributed by atoms with E-state index in [0.29, 0.717) is 18.8 Å². The second kappa shape index (κ2) is 9.07. The third kappa shape index (κ3) is 5.56. The van der Waals surface area contributed by atoms with Gasteiger partial charge in [-0.1, -0.05) is 13.0 Å². The lowest BCUT2D eigenvalue weighted by Crippen LogP contribution is -2.43. The summed E-state index contributed by atoms with van der Waals surface area (Å²) >= 11 is 0. The Balaban J connectivity index is 1.50. The maximum Gasteiger partial charge on any atom is 0.321 e. The highest BCUT2D eigenvalue weighted by atomic mass is 19.1. The molecular formula is C23H28FN3O2. The zero-order valence-corrected chi connectivity index (χ0v) is 17.2. The Morgan fingerprint density at radius 1 is 0.966 bits per heavy atom. The molecule has 2 N–H and O–H groups in total. The minimum atomic E-state index is -0.336. The zero-order chi connectivity index (χ0) is 21.0. The maximum absolute atomic E-state index is 13.0. The summed E-state index contributed by atoms with van der Waals surface area (Å²) in [5.74, 6) is -0.213. The average Bonchev–Trinajstić information content (AvgIpc) is 2.68. The van der Waals surface area contributed by atoms with Gasteiger partial charge in [0.1, 0.15) is 5.82 Å². The molecule has 5 nitrogen and oxygen atoms in total. The molecule has 2 aromatic rings. The van der Waals surface area contributed by atoms with Gasteiger partial charge in [-0.05, 0) is 80.1 Å². The molecule has 2 aromatic carbocycles. The van der Waals surface area contributed by atoms with Crippen LogP contribution in [0.1, 0.15) is 30.9 Å². The molecule has 29 heavy (non-hydrogen) atoms. The molecule has 0 bridgehead atoms. The molecule has 1 saturated heterocycles. The van der Waals surface area contributed by atoms with Crippen LogP contribution < -0.4 is 10.6 Å². The third-order valence-electron chi connectivity index (χ3n) is 5.53. The summed E-state index contributed by atoms with van der Waals surface area (Å²) in [6.45, 7) is 7.17. The van der Waals surface area contributed by atoms with E-state index in [-0.39, 0.29) is 29.6 Å². The lowest BCUT2D eigenvalue weighted by Gasteiger charge is -2.34. The van der Waals surface area contributed by atoms with Crippen LogP contribution >= 0.6 is 0 Å². The third-order valence-corrected chi connectivity index (χ3v) is 5.53. The largest absolute Gasteiger partial charge is 0.326 e. The number of carbonyl (C=O) groups excluding carboxylic acids is 2. The minimum Gasteiger partial charge on any atom is -0.326 e. The van der Waals surface area contributed by atoms with Gasteiger partial charge in [-0.15, -0.1) is 0 Å². The van der Waals surface area contributed by atoms with Crippen LogP contribution in [0.2, 0.25) is 0 Å². The predicted octanol–water partition coefficient (Wildman–Crippen LogP) is 4.96. The smallest absolute Gasteiger partial charge is 0.321 e. The summed E-state index contributed by atoms with van der Waals surface area (Å²) in [4.78, 5) is 26.8. The number of anilines is 2. The first-order valence-electron chi connectivity index (χ1n) is 10.0. The summed E-state index contributed by atoms with van der Waals surface area (Å²) in [7, 11) is 0. The molecule has 0 saturated carbocycles. The van der Waals surface area contributed by atoms with Crippen molar-refractivity contribution in [1.82, 2.24) is 4.90 Å². The highest BCUT2D eigenvalue weighted by Gasteiger charge is 2.30. The Bertz CT molecular complexity index is 854. The highest BCUT2D eigenvalue weighted by molar-refractivity contribution is 5.93. The van der Waals surface area contributed by atoms with E-state index in [2.05, 4.69) is 16.7 Å². The summed E-state index contributed by atoms with van der Waals surface area (Å²) < 4.78 is 13.0. The van der Waals surface area contributed by atoms with Crippen LogP contribution in [0.25, 0.3) is 0 Å². The van der Waals surface area contributed by atoms with Crippen LogP contribution in [-0.4, -0.2) is 29.9 Å². The molecule has 3 rings (SSSR count). The van der Waals surface area contributed by atoms with Gasteiger partial charge in [-0.2, -0.15) is 0 Å². The van der Waals surface area contributed by atoms with E-state index in [0.717, 1.165) is 29.7 Å². The molecule has 0 radical (unpaired) electrons. The molecule has 1 unspecified atom stereocenters. The summed E-state index contributed by atoms with van der Waals surface area (Å²) in [5.41, 5.74) is 3.64. The van der Waals surface area contributed by atoms with Crippen LogP contribution in [0.5, 0.6) is 0 Å². The summed E-state index contributed by atoms with van der Waals surface area (Å²) in [6.07, 6.45) is 1.55. The fourth-order valence-electron chi connectivity index (χ4n) is 3.86. The lowest BCUT2D eigenvalue weighted by atomic mass is 9.85. The topological polar surface area (TPSA) is 61.4 Å². The van der Waals surface area contributed by atoms with Gasteiger partial charge >= 0.3 is 6.03 Å². The Morgan fingerprint density at radius 3 is 2.14 bits per heavy atom. The van der Waals surface area contributed by atoms with Crippen LogP contribution in [-0.2, 0) is 4.79 Å². The normalized spacial score (nSPS) is 15.7. The van der Waals surface area contributed by atoms with Crippen molar-refractivity contribution in [2.45, 2.75) is 33.6 Å². The number of carbonyl (C=O) groups is 2. The Hall–Kier alpha value is -2.89. The fourth-order valence-corrected chi connectivity index (χ4v) is 3.86. The van der Waals surface area contributed by atoms with Gasteiger partial charge in [0.05, 0.1) is 0 Å². The molecule has 1 fully saturated rings. The van der Waals surface area contributed by atoms with E-state index in [4.69, 9.17) is 0 Å². The molecule has 0 aliphatic carbocycles. The van der Waals surface area contributed by atoms with Gasteiger partial charge in [-0.25, -0.2) is 9.18 Å². The number of amides is 3. The Morgan fingerprint density at radius 2 is 1.55 bits per heavy atom. The molecule has 1 heterocycles. The molecular weight excluding hydrogens is 369 g/mol. The monoisotopic (exact) mass is 397 g/mol. The number of hydrogen-bond acceptors (Lipinski definition) is 2. The van der Waals surface area contributed by atoms with Gasteiger partial charge in [0, 0.05) is 30.4 Å². The van der Waals surface area contributed by atoms with Crippen molar-refractivity contribution < 1.29 is 14.0 Å². The molecule has 0 aromatic heterocycles. The van der Waals surface area contributed by atoms with Crippen molar-refractivity contribution in [2.75, 3.05) is 23.7 Å². The van der Waals surface area contributed by atoms with Crippen LogP contribution in [0.3, 0.4) is 0 Å². The number of aryl methyl sites for hydroxylation is 2. The quantitative estimate of drug-likeness (QED) is 0.766. The van der Waals surface area contributed by atoms with Crippen LogP contribution in [0.4, 0.5) is 20.6 Å². The van der Waals surface area contributed by atoms with Gasteiger partial charge in [0.25, 0.3) is 0 Å². The molecule has 1 aliphatic rings. The Labute approximate surface area is 171 Å². The number of urea groups is 1. The van der Waals surface area contributed by atoms with Crippen molar-refractivity contribution in [2.24, 2.45) is 11.8 Å². The van der Waals surface area contributed by atoms with Crippen molar-refractivity contribution in [3.8, 4) is 0 Å². The standard InChI is InChI=1S/C23H28FN3O2/c1-15-12-16(2)14-21(13-15)25-22(28)17(3)18-8-10-27(11-9-18)23(29)26-20-6-4-19(24)5-7-20/h4-7,12-14,17-18H,8-11H2,1-3H3,(H,25,28)(H,26,29). The van der Waals surface area contributed by atoms with Crippen LogP contribution in [0.15, 0.2) is 42.5 Å². The van der Waals surface area contributed by atoms with E-state index in [1.165, 1.54) is 12.1 Å². The minimum absolute atomic E-state index is 0.0178. The van der Waals surface area contributed by atoms with Crippen molar-refractivity contribution >= 4 is 23.3 Å². The SMILES string of the molecule is Cc1cc(C)cc(NC(=O)C(C)C2CCN(C(=O)Nc3ccc(F)cc3)CC2)c1. The summed E-state index contributed by atoms with van der Waals surface area (Å²) in [6, 6.07) is 11.5. The van der Waals surface area contributed by atoms with E-state index >= 15 is 0 Å². The summed E-state index contributed by atoms with van der Waals surface area (Å²) in [5, 5.41) is 5.82. The first-order chi connectivity index (χ1) is 13.8. The maximum atomic E-state index is 13.0. The van der Waals surface area contributed by atoms with Gasteiger partial charge in [-0.3, -0.25) is 4.79 Å². The van der Waals surface area contributed by atoms with Crippen LogP contribution in [0, 0.1) is 31.5 Å². The van der Waals surface area contributed by atoms with Crippen molar-refractivity contribution in [3.63, 3.8) is 0 Å². The molecule has 1 atom stereocenters. The first-order valence-corrected chi connectivity index (χ1v) is 10.0. The number of nitrogens with one attached hydrogen (secondary N) is 2. The van der Waals surface area contributed by atoms with Gasteiger partial charge in [0.2, 0.25) is 5.91 Å².